The van der Waals surface area contributed by atoms with E-state index in [0.29, 0.717) is 6.61 Å². The van der Waals surface area contributed by atoms with Crippen LogP contribution in [-0.2, 0) is 13.0 Å². The second-order valence-electron chi connectivity index (χ2n) is 5.45. The molecule has 1 aromatic heterocycles. The van der Waals surface area contributed by atoms with E-state index in [0.717, 1.165) is 43.4 Å². The van der Waals surface area contributed by atoms with Gasteiger partial charge in [0.25, 0.3) is 0 Å². The predicted octanol–water partition coefficient (Wildman–Crippen LogP) is 3.45. The van der Waals surface area contributed by atoms with Gasteiger partial charge >= 0.3 is 0 Å². The molecule has 1 aromatic carbocycles. The normalized spacial score (nSPS) is 11.2. The van der Waals surface area contributed by atoms with E-state index in [9.17, 15) is 0 Å². The van der Waals surface area contributed by atoms with Crippen LogP contribution in [-0.4, -0.2) is 33.3 Å². The summed E-state index contributed by atoms with van der Waals surface area (Å²) >= 11 is 1.74. The molecule has 0 aliphatic rings. The first-order valence-corrected chi connectivity index (χ1v) is 9.41. The van der Waals surface area contributed by atoms with E-state index in [-0.39, 0.29) is 0 Å². The quantitative estimate of drug-likeness (QED) is 0.408. The summed E-state index contributed by atoms with van der Waals surface area (Å²) in [4.78, 5) is 5.55. The van der Waals surface area contributed by atoms with Crippen LogP contribution in [0.15, 0.2) is 40.7 Å². The van der Waals surface area contributed by atoms with Crippen molar-refractivity contribution in [2.24, 2.45) is 4.99 Å². The molecule has 0 saturated heterocycles. The van der Waals surface area contributed by atoms with Gasteiger partial charge in [-0.3, -0.25) is 4.99 Å². The van der Waals surface area contributed by atoms with E-state index >= 15 is 0 Å². The van der Waals surface area contributed by atoms with E-state index in [2.05, 4.69) is 45.3 Å². The molecule has 0 aliphatic carbocycles. The maximum atomic E-state index is 5.63. The Morgan fingerprint density at radius 2 is 2.08 bits per heavy atom. The van der Waals surface area contributed by atoms with Gasteiger partial charge in [-0.1, -0.05) is 12.1 Å². The Morgan fingerprint density at radius 3 is 2.76 bits per heavy atom. The highest BCUT2D eigenvalue weighted by atomic mass is 32.1. The van der Waals surface area contributed by atoms with Gasteiger partial charge < -0.3 is 20.1 Å². The Hall–Kier alpha value is -2.21. The van der Waals surface area contributed by atoms with Crippen molar-refractivity contribution in [3.05, 3.63) is 46.2 Å². The Balaban J connectivity index is 1.75. The zero-order valence-electron chi connectivity index (χ0n) is 15.2. The fourth-order valence-electron chi connectivity index (χ4n) is 2.45. The molecule has 0 saturated carbocycles. The third-order valence-corrected chi connectivity index (χ3v) is 4.57. The number of ether oxygens (including phenoxy) is 2. The summed E-state index contributed by atoms with van der Waals surface area (Å²) in [7, 11) is 3.46. The van der Waals surface area contributed by atoms with Crippen molar-refractivity contribution in [1.29, 1.82) is 0 Å². The Morgan fingerprint density at radius 1 is 1.20 bits per heavy atom. The lowest BCUT2D eigenvalue weighted by Crippen LogP contribution is -2.37. The van der Waals surface area contributed by atoms with E-state index in [4.69, 9.17) is 9.47 Å². The fourth-order valence-corrected chi connectivity index (χ4v) is 3.09. The molecule has 0 amide bonds. The molecule has 0 fully saturated rings. The molecule has 2 N–H and O–H groups in total. The molecule has 1 heterocycles. The SMILES string of the molecule is CCOc1cc(CCCNC(=NC)NCc2cccs2)ccc1OC. The lowest BCUT2D eigenvalue weighted by molar-refractivity contribution is 0.310. The second kappa shape index (κ2) is 10.6. The van der Waals surface area contributed by atoms with Gasteiger partial charge in [0.1, 0.15) is 0 Å². The molecular formula is C19H27N3O2S. The van der Waals surface area contributed by atoms with Crippen LogP contribution in [0.25, 0.3) is 0 Å². The van der Waals surface area contributed by atoms with Crippen molar-refractivity contribution in [2.45, 2.75) is 26.3 Å². The van der Waals surface area contributed by atoms with Crippen LogP contribution in [0.1, 0.15) is 23.8 Å². The van der Waals surface area contributed by atoms with Gasteiger partial charge in [0, 0.05) is 18.5 Å². The molecular weight excluding hydrogens is 334 g/mol. The van der Waals surface area contributed by atoms with Gasteiger partial charge in [-0.2, -0.15) is 0 Å². The number of guanidine groups is 1. The molecule has 0 atom stereocenters. The molecule has 136 valence electrons. The van der Waals surface area contributed by atoms with Crippen LogP contribution in [0.4, 0.5) is 0 Å². The maximum Gasteiger partial charge on any atom is 0.191 e. The van der Waals surface area contributed by atoms with Crippen LogP contribution in [0.2, 0.25) is 0 Å². The molecule has 0 unspecified atom stereocenters. The van der Waals surface area contributed by atoms with Gasteiger partial charge in [-0.05, 0) is 48.9 Å². The first-order valence-electron chi connectivity index (χ1n) is 8.53. The minimum absolute atomic E-state index is 0.633. The van der Waals surface area contributed by atoms with Crippen molar-refractivity contribution < 1.29 is 9.47 Å². The number of hydrogen-bond acceptors (Lipinski definition) is 4. The zero-order chi connectivity index (χ0) is 17.9. The van der Waals surface area contributed by atoms with Crippen molar-refractivity contribution in [3.63, 3.8) is 0 Å². The highest BCUT2D eigenvalue weighted by molar-refractivity contribution is 7.09. The third kappa shape index (κ3) is 6.31. The summed E-state index contributed by atoms with van der Waals surface area (Å²) in [6.45, 7) is 4.27. The predicted molar refractivity (Wildman–Crippen MR) is 105 cm³/mol. The summed E-state index contributed by atoms with van der Waals surface area (Å²) in [5.74, 6) is 2.42. The minimum atomic E-state index is 0.633. The Bertz CT molecular complexity index is 657. The van der Waals surface area contributed by atoms with Crippen molar-refractivity contribution in [1.82, 2.24) is 10.6 Å². The van der Waals surface area contributed by atoms with Crippen LogP contribution >= 0.6 is 11.3 Å². The molecule has 2 aromatic rings. The number of methoxy groups -OCH3 is 1. The zero-order valence-corrected chi connectivity index (χ0v) is 16.0. The van der Waals surface area contributed by atoms with Crippen LogP contribution in [0, 0.1) is 0 Å². The van der Waals surface area contributed by atoms with Gasteiger partial charge in [0.2, 0.25) is 0 Å². The van der Waals surface area contributed by atoms with Gasteiger partial charge in [0.15, 0.2) is 17.5 Å². The number of hydrogen-bond donors (Lipinski definition) is 2. The summed E-state index contributed by atoms with van der Waals surface area (Å²) in [5.41, 5.74) is 1.24. The number of aryl methyl sites for hydroxylation is 1. The number of aliphatic imine (C=N–C) groups is 1. The first-order chi connectivity index (χ1) is 12.3. The van der Waals surface area contributed by atoms with Gasteiger partial charge in [0.05, 0.1) is 20.3 Å². The number of nitrogens with zero attached hydrogens (tertiary/aromatic N) is 1. The highest BCUT2D eigenvalue weighted by Crippen LogP contribution is 2.28. The minimum Gasteiger partial charge on any atom is -0.493 e. The topological polar surface area (TPSA) is 54.9 Å². The average molecular weight is 362 g/mol. The lowest BCUT2D eigenvalue weighted by Gasteiger charge is -2.12. The molecule has 0 bridgehead atoms. The van der Waals surface area contributed by atoms with Crippen molar-refractivity contribution in [3.8, 4) is 11.5 Å². The smallest absolute Gasteiger partial charge is 0.191 e. The van der Waals surface area contributed by atoms with Crippen LogP contribution < -0.4 is 20.1 Å². The highest BCUT2D eigenvalue weighted by Gasteiger charge is 2.05. The van der Waals surface area contributed by atoms with E-state index in [1.165, 1.54) is 10.4 Å². The van der Waals surface area contributed by atoms with Crippen molar-refractivity contribution >= 4 is 17.3 Å². The maximum absolute atomic E-state index is 5.63. The van der Waals surface area contributed by atoms with Crippen LogP contribution in [0.3, 0.4) is 0 Å². The molecule has 25 heavy (non-hydrogen) atoms. The van der Waals surface area contributed by atoms with E-state index < -0.39 is 0 Å². The largest absolute Gasteiger partial charge is 0.493 e. The molecule has 0 aliphatic heterocycles. The molecule has 0 radical (unpaired) electrons. The molecule has 5 nitrogen and oxygen atoms in total. The van der Waals surface area contributed by atoms with Crippen molar-refractivity contribution in [2.75, 3.05) is 27.3 Å². The average Bonchev–Trinajstić information content (AvgIpc) is 3.15. The van der Waals surface area contributed by atoms with Crippen LogP contribution in [0.5, 0.6) is 11.5 Å². The first kappa shape index (κ1) is 19.1. The monoisotopic (exact) mass is 361 g/mol. The Labute approximate surface area is 154 Å². The standard InChI is InChI=1S/C19H27N3O2S/c1-4-24-18-13-15(9-10-17(18)23-3)7-5-11-21-19(20-2)22-14-16-8-6-12-25-16/h6,8-10,12-13H,4-5,7,11,14H2,1-3H3,(H2,20,21,22). The number of rotatable bonds is 9. The summed E-state index contributed by atoms with van der Waals surface area (Å²) in [6, 6.07) is 10.3. The molecule has 0 spiro atoms. The lowest BCUT2D eigenvalue weighted by atomic mass is 10.1. The number of thiophene rings is 1. The molecule has 6 heteroatoms. The Kier molecular flexibility index (Phi) is 8.12. The number of benzene rings is 1. The third-order valence-electron chi connectivity index (χ3n) is 3.70. The van der Waals surface area contributed by atoms with E-state index in [1.807, 2.05) is 13.0 Å². The summed E-state index contributed by atoms with van der Waals surface area (Å²) in [6.07, 6.45) is 1.98. The van der Waals surface area contributed by atoms with Gasteiger partial charge in [-0.15, -0.1) is 11.3 Å². The summed E-state index contributed by atoms with van der Waals surface area (Å²) < 4.78 is 11.0. The molecule has 2 rings (SSSR count). The van der Waals surface area contributed by atoms with E-state index in [1.54, 1.807) is 25.5 Å². The van der Waals surface area contributed by atoms with Gasteiger partial charge in [-0.25, -0.2) is 0 Å². The fraction of sp³-hybridized carbons (Fsp3) is 0.421. The second-order valence-corrected chi connectivity index (χ2v) is 6.49. The number of nitrogens with one attached hydrogen (secondary N) is 2. The summed E-state index contributed by atoms with van der Waals surface area (Å²) in [5, 5.41) is 8.76.